The van der Waals surface area contributed by atoms with Gasteiger partial charge in [-0.05, 0) is 49.0 Å². The number of benzene rings is 1. The average Bonchev–Trinajstić information content (AvgIpc) is 2.55. The van der Waals surface area contributed by atoms with Crippen molar-refractivity contribution in [3.05, 3.63) is 35.4 Å². The van der Waals surface area contributed by atoms with Gasteiger partial charge in [-0.1, -0.05) is 19.1 Å². The molecule has 1 unspecified atom stereocenters. The van der Waals surface area contributed by atoms with E-state index in [0.29, 0.717) is 16.6 Å². The number of rotatable bonds is 5. The number of aliphatic carboxylic acids is 1. The first-order valence-electron chi connectivity index (χ1n) is 7.35. The van der Waals surface area contributed by atoms with Crippen LogP contribution in [-0.4, -0.2) is 34.0 Å². The second-order valence-electron chi connectivity index (χ2n) is 5.49. The summed E-state index contributed by atoms with van der Waals surface area (Å²) in [6.07, 6.45) is 1.58. The Bertz CT molecular complexity index is 541. The third-order valence-corrected chi connectivity index (χ3v) is 6.86. The fraction of sp³-hybridized carbons (Fsp3) is 0.500. The molecule has 1 aliphatic rings. The molecule has 1 atom stereocenters. The van der Waals surface area contributed by atoms with E-state index >= 15 is 0 Å². The first-order valence-corrected chi connectivity index (χ1v) is 9.45. The van der Waals surface area contributed by atoms with E-state index in [1.54, 1.807) is 19.1 Å². The van der Waals surface area contributed by atoms with Gasteiger partial charge in [-0.3, -0.25) is 4.79 Å². The molecular weight excluding hydrogens is 318 g/mol. The van der Waals surface area contributed by atoms with Gasteiger partial charge in [-0.2, -0.15) is 0 Å². The molecule has 2 rings (SSSR count). The Labute approximate surface area is 139 Å². The van der Waals surface area contributed by atoms with Gasteiger partial charge in [0.05, 0.1) is 4.58 Å². The standard InChI is InChI=1S/C16H21NO3S2/c1-3-16(2,15(19)20)17-13(18)11-5-7-12(8-6-11)14-21-9-4-10-22-14/h5-8,14H,3-4,9-10H2,1-2H3,(H,17,18)(H,19,20). The number of hydrogen-bond donors (Lipinski definition) is 2. The van der Waals surface area contributed by atoms with E-state index in [0.717, 1.165) is 0 Å². The van der Waals surface area contributed by atoms with E-state index < -0.39 is 11.5 Å². The van der Waals surface area contributed by atoms with Crippen molar-refractivity contribution in [2.45, 2.75) is 36.8 Å². The zero-order valence-electron chi connectivity index (χ0n) is 12.8. The number of carboxylic acids is 1. The summed E-state index contributed by atoms with van der Waals surface area (Å²) in [5.74, 6) is 0.984. The number of carbonyl (C=O) groups is 2. The van der Waals surface area contributed by atoms with Gasteiger partial charge in [0.25, 0.3) is 5.91 Å². The summed E-state index contributed by atoms with van der Waals surface area (Å²) in [6, 6.07) is 7.49. The second kappa shape index (κ2) is 7.42. The molecule has 22 heavy (non-hydrogen) atoms. The van der Waals surface area contributed by atoms with Crippen molar-refractivity contribution in [3.63, 3.8) is 0 Å². The fourth-order valence-corrected chi connectivity index (χ4v) is 4.98. The van der Waals surface area contributed by atoms with Crippen LogP contribution in [0.1, 0.15) is 47.2 Å². The maximum Gasteiger partial charge on any atom is 0.329 e. The minimum atomic E-state index is -1.23. The van der Waals surface area contributed by atoms with Crippen molar-refractivity contribution < 1.29 is 14.7 Å². The molecule has 1 amide bonds. The van der Waals surface area contributed by atoms with Crippen LogP contribution in [0.15, 0.2) is 24.3 Å². The summed E-state index contributed by atoms with van der Waals surface area (Å²) in [6.45, 7) is 3.27. The number of amides is 1. The van der Waals surface area contributed by atoms with E-state index in [1.165, 1.54) is 30.4 Å². The molecule has 0 spiro atoms. The van der Waals surface area contributed by atoms with E-state index in [9.17, 15) is 14.7 Å². The van der Waals surface area contributed by atoms with E-state index in [2.05, 4.69) is 5.32 Å². The molecule has 0 bridgehead atoms. The summed E-state index contributed by atoms with van der Waals surface area (Å²) in [4.78, 5) is 23.5. The molecule has 6 heteroatoms. The van der Waals surface area contributed by atoms with Gasteiger partial charge in [-0.15, -0.1) is 23.5 Å². The number of carboxylic acid groups (broad SMARTS) is 1. The zero-order valence-corrected chi connectivity index (χ0v) is 14.4. The highest BCUT2D eigenvalue weighted by Crippen LogP contribution is 2.43. The molecule has 120 valence electrons. The predicted molar refractivity (Wildman–Crippen MR) is 92.5 cm³/mol. The molecule has 1 aromatic carbocycles. The number of nitrogens with one attached hydrogen (secondary N) is 1. The monoisotopic (exact) mass is 339 g/mol. The van der Waals surface area contributed by atoms with Crippen molar-refractivity contribution >= 4 is 35.4 Å². The van der Waals surface area contributed by atoms with E-state index in [4.69, 9.17) is 0 Å². The maximum atomic E-state index is 12.2. The molecule has 1 saturated heterocycles. The highest BCUT2D eigenvalue weighted by molar-refractivity contribution is 8.16. The fourth-order valence-electron chi connectivity index (χ4n) is 2.09. The summed E-state index contributed by atoms with van der Waals surface area (Å²) < 4.78 is 0.436. The number of carbonyl (C=O) groups excluding carboxylic acids is 1. The molecule has 2 N–H and O–H groups in total. The Kier molecular flexibility index (Phi) is 5.81. The summed E-state index contributed by atoms with van der Waals surface area (Å²) >= 11 is 3.87. The lowest BCUT2D eigenvalue weighted by atomic mass is 9.98. The number of thioether (sulfide) groups is 2. The summed E-state index contributed by atoms with van der Waals surface area (Å²) in [5.41, 5.74) is 0.475. The maximum absolute atomic E-state index is 12.2. The van der Waals surface area contributed by atoms with Gasteiger partial charge < -0.3 is 10.4 Å². The molecule has 1 heterocycles. The van der Waals surface area contributed by atoms with Crippen molar-refractivity contribution in [3.8, 4) is 0 Å². The lowest BCUT2D eigenvalue weighted by Crippen LogP contribution is -2.51. The topological polar surface area (TPSA) is 66.4 Å². The normalized spacial score (nSPS) is 18.5. The van der Waals surface area contributed by atoms with E-state index in [1.807, 2.05) is 35.7 Å². The van der Waals surface area contributed by atoms with Crippen LogP contribution in [0, 0.1) is 0 Å². The van der Waals surface area contributed by atoms with Gasteiger partial charge in [0, 0.05) is 5.56 Å². The summed E-state index contributed by atoms with van der Waals surface area (Å²) in [5, 5.41) is 11.8. The second-order valence-corrected chi connectivity index (χ2v) is 8.22. The first kappa shape index (κ1) is 17.2. The van der Waals surface area contributed by atoms with Crippen molar-refractivity contribution in [1.82, 2.24) is 5.32 Å². The molecule has 0 aliphatic carbocycles. The minimum Gasteiger partial charge on any atom is -0.480 e. The van der Waals surface area contributed by atoms with E-state index in [-0.39, 0.29) is 5.91 Å². The van der Waals surface area contributed by atoms with Crippen molar-refractivity contribution in [2.75, 3.05) is 11.5 Å². The largest absolute Gasteiger partial charge is 0.480 e. The van der Waals surface area contributed by atoms with Gasteiger partial charge in [0.1, 0.15) is 5.54 Å². The summed E-state index contributed by atoms with van der Waals surface area (Å²) in [7, 11) is 0. The van der Waals surface area contributed by atoms with Crippen LogP contribution in [0.4, 0.5) is 0 Å². The Morgan fingerprint density at radius 3 is 2.36 bits per heavy atom. The molecule has 4 nitrogen and oxygen atoms in total. The van der Waals surface area contributed by atoms with Crippen molar-refractivity contribution in [1.29, 1.82) is 0 Å². The molecule has 1 aromatic rings. The van der Waals surface area contributed by atoms with Crippen LogP contribution in [-0.2, 0) is 4.79 Å². The van der Waals surface area contributed by atoms with Gasteiger partial charge in [-0.25, -0.2) is 4.79 Å². The Morgan fingerprint density at radius 1 is 1.27 bits per heavy atom. The lowest BCUT2D eigenvalue weighted by Gasteiger charge is -2.25. The third kappa shape index (κ3) is 3.98. The van der Waals surface area contributed by atoms with Crippen LogP contribution >= 0.6 is 23.5 Å². The minimum absolute atomic E-state index is 0.335. The van der Waals surface area contributed by atoms with Gasteiger partial charge >= 0.3 is 5.97 Å². The van der Waals surface area contributed by atoms with Gasteiger partial charge in [0.2, 0.25) is 0 Å². The van der Waals surface area contributed by atoms with Crippen LogP contribution in [0.5, 0.6) is 0 Å². The average molecular weight is 339 g/mol. The molecule has 0 saturated carbocycles. The van der Waals surface area contributed by atoms with Crippen molar-refractivity contribution in [2.24, 2.45) is 0 Å². The molecule has 1 aliphatic heterocycles. The van der Waals surface area contributed by atoms with Crippen LogP contribution in [0.3, 0.4) is 0 Å². The quantitative estimate of drug-likeness (QED) is 0.859. The highest BCUT2D eigenvalue weighted by atomic mass is 32.2. The smallest absolute Gasteiger partial charge is 0.329 e. The predicted octanol–water partition coefficient (Wildman–Crippen LogP) is 3.54. The Hall–Kier alpha value is -1.14. The lowest BCUT2D eigenvalue weighted by molar-refractivity contribution is -0.143. The molecule has 1 fully saturated rings. The zero-order chi connectivity index (χ0) is 16.2. The first-order chi connectivity index (χ1) is 10.5. The molecule has 0 radical (unpaired) electrons. The van der Waals surface area contributed by atoms with Crippen LogP contribution < -0.4 is 5.32 Å². The SMILES string of the molecule is CCC(C)(NC(=O)c1ccc(C2SCCCS2)cc1)C(=O)O. The van der Waals surface area contributed by atoms with Crippen LogP contribution in [0.2, 0.25) is 0 Å². The molecular formula is C16H21NO3S2. The highest BCUT2D eigenvalue weighted by Gasteiger charge is 2.33. The van der Waals surface area contributed by atoms with Crippen LogP contribution in [0.25, 0.3) is 0 Å². The Morgan fingerprint density at radius 2 is 1.86 bits per heavy atom. The third-order valence-electron chi connectivity index (χ3n) is 3.84. The number of hydrogen-bond acceptors (Lipinski definition) is 4. The van der Waals surface area contributed by atoms with Gasteiger partial charge in [0.15, 0.2) is 0 Å². The Balaban J connectivity index is 2.06. The molecule has 0 aromatic heterocycles.